The maximum absolute atomic E-state index is 10.5. The number of aliphatic carboxylic acids is 1. The van der Waals surface area contributed by atoms with Gasteiger partial charge in [0.25, 0.3) is 0 Å². The third-order valence-corrected chi connectivity index (χ3v) is 1.78. The molecule has 0 radical (unpaired) electrons. The zero-order valence-corrected chi connectivity index (χ0v) is 9.68. The molecular formula is C8H13NO7S. The van der Waals surface area contributed by atoms with E-state index in [0.717, 1.165) is 0 Å². The van der Waals surface area contributed by atoms with E-state index in [1.165, 1.54) is 12.2 Å². The number of hydrogen-bond acceptors (Lipinski definition) is 5. The first-order valence-corrected chi connectivity index (χ1v) is 5.65. The van der Waals surface area contributed by atoms with E-state index in [9.17, 15) is 9.90 Å². The molecule has 1 unspecified atom stereocenters. The van der Waals surface area contributed by atoms with Gasteiger partial charge in [0.15, 0.2) is 0 Å². The van der Waals surface area contributed by atoms with Gasteiger partial charge in [0.2, 0.25) is 0 Å². The second-order valence-electron chi connectivity index (χ2n) is 3.45. The fourth-order valence-corrected chi connectivity index (χ4v) is 1.20. The lowest BCUT2D eigenvalue weighted by Gasteiger charge is -2.23. The number of hydrogen-bond donors (Lipinski definition) is 5. The van der Waals surface area contributed by atoms with Crippen LogP contribution in [0.4, 0.5) is 0 Å². The molecule has 0 amide bonds. The molecule has 0 aromatic rings. The average Bonchev–Trinajstić information content (AvgIpc) is 1.96. The van der Waals surface area contributed by atoms with E-state index in [-0.39, 0.29) is 12.0 Å². The van der Waals surface area contributed by atoms with Crippen molar-refractivity contribution < 1.29 is 32.5 Å². The molecule has 6 N–H and O–H groups in total. The summed E-state index contributed by atoms with van der Waals surface area (Å²) in [5.41, 5.74) is 4.79. The summed E-state index contributed by atoms with van der Waals surface area (Å²) in [5.74, 6) is -0.987. The zero-order chi connectivity index (χ0) is 13.9. The molecule has 8 nitrogen and oxygen atoms in total. The largest absolute Gasteiger partial charge is 0.478 e. The highest BCUT2D eigenvalue weighted by Crippen LogP contribution is 2.22. The molecule has 0 heterocycles. The number of rotatable bonds is 1. The van der Waals surface area contributed by atoms with Gasteiger partial charge in [-0.1, -0.05) is 5.57 Å². The van der Waals surface area contributed by atoms with Gasteiger partial charge < -0.3 is 15.9 Å². The van der Waals surface area contributed by atoms with E-state index in [0.29, 0.717) is 5.57 Å². The highest BCUT2D eigenvalue weighted by atomic mass is 32.3. The van der Waals surface area contributed by atoms with Crippen molar-refractivity contribution >= 4 is 16.4 Å². The Bertz CT molecular complexity index is 452. The molecule has 0 bridgehead atoms. The summed E-state index contributed by atoms with van der Waals surface area (Å²) in [5, 5.41) is 18.0. The maximum atomic E-state index is 10.5. The van der Waals surface area contributed by atoms with Crippen LogP contribution in [0.25, 0.3) is 0 Å². The normalized spacial score (nSPS) is 24.1. The van der Waals surface area contributed by atoms with Gasteiger partial charge in [0.1, 0.15) is 5.72 Å². The lowest BCUT2D eigenvalue weighted by molar-refractivity contribution is -0.132. The zero-order valence-electron chi connectivity index (χ0n) is 8.86. The minimum absolute atomic E-state index is 0.172. The molecular weight excluding hydrogens is 254 g/mol. The number of carboxylic acids is 1. The van der Waals surface area contributed by atoms with Crippen LogP contribution in [0.5, 0.6) is 0 Å². The van der Waals surface area contributed by atoms with Gasteiger partial charge in [-0.2, -0.15) is 8.42 Å². The van der Waals surface area contributed by atoms with Crippen LogP contribution in [-0.4, -0.2) is 39.4 Å². The van der Waals surface area contributed by atoms with Crippen LogP contribution in [0.1, 0.15) is 13.3 Å². The summed E-state index contributed by atoms with van der Waals surface area (Å²) < 4.78 is 31.6. The Labute approximate surface area is 97.6 Å². The Morgan fingerprint density at radius 2 is 1.88 bits per heavy atom. The second-order valence-corrected chi connectivity index (χ2v) is 4.34. The van der Waals surface area contributed by atoms with Crippen LogP contribution in [0.3, 0.4) is 0 Å². The Balaban J connectivity index is 0.000000437. The highest BCUT2D eigenvalue weighted by Gasteiger charge is 2.24. The molecule has 0 aliphatic heterocycles. The van der Waals surface area contributed by atoms with Crippen molar-refractivity contribution in [2.24, 2.45) is 5.73 Å². The van der Waals surface area contributed by atoms with Gasteiger partial charge in [-0.3, -0.25) is 9.11 Å². The van der Waals surface area contributed by atoms with Crippen molar-refractivity contribution in [1.29, 1.82) is 0 Å². The molecule has 0 aromatic carbocycles. The SMILES string of the molecule is CC1=C(C(=O)O)C=CC(N)(O)C1.O=S(=O)(O)O. The van der Waals surface area contributed by atoms with E-state index in [2.05, 4.69) is 0 Å². The summed E-state index contributed by atoms with van der Waals surface area (Å²) >= 11 is 0. The first kappa shape index (κ1) is 15.7. The van der Waals surface area contributed by atoms with E-state index >= 15 is 0 Å². The number of nitrogens with two attached hydrogens (primary N) is 1. The highest BCUT2D eigenvalue weighted by molar-refractivity contribution is 7.79. The molecule has 0 saturated carbocycles. The maximum Gasteiger partial charge on any atom is 0.394 e. The van der Waals surface area contributed by atoms with Crippen LogP contribution in [0, 0.1) is 0 Å². The van der Waals surface area contributed by atoms with Gasteiger partial charge in [-0.05, 0) is 19.1 Å². The smallest absolute Gasteiger partial charge is 0.394 e. The monoisotopic (exact) mass is 267 g/mol. The van der Waals surface area contributed by atoms with Gasteiger partial charge >= 0.3 is 16.4 Å². The van der Waals surface area contributed by atoms with Crippen molar-refractivity contribution in [2.45, 2.75) is 19.1 Å². The molecule has 0 spiro atoms. The van der Waals surface area contributed by atoms with Crippen molar-refractivity contribution in [2.75, 3.05) is 0 Å². The minimum Gasteiger partial charge on any atom is -0.478 e. The topological polar surface area (TPSA) is 158 Å². The molecule has 1 aliphatic rings. The third-order valence-electron chi connectivity index (χ3n) is 1.78. The van der Waals surface area contributed by atoms with Crippen LogP contribution in [0.15, 0.2) is 23.3 Å². The summed E-state index contributed by atoms with van der Waals surface area (Å²) in [4.78, 5) is 10.5. The quantitative estimate of drug-likeness (QED) is 0.309. The Morgan fingerprint density at radius 1 is 1.47 bits per heavy atom. The van der Waals surface area contributed by atoms with Gasteiger partial charge in [0.05, 0.1) is 5.57 Å². The van der Waals surface area contributed by atoms with Gasteiger partial charge in [-0.25, -0.2) is 4.79 Å². The second kappa shape index (κ2) is 5.38. The molecule has 17 heavy (non-hydrogen) atoms. The molecule has 0 aromatic heterocycles. The van der Waals surface area contributed by atoms with Gasteiger partial charge in [-0.15, -0.1) is 0 Å². The molecule has 1 rings (SSSR count). The van der Waals surface area contributed by atoms with Crippen molar-refractivity contribution in [3.63, 3.8) is 0 Å². The first-order valence-electron chi connectivity index (χ1n) is 4.26. The molecule has 0 saturated heterocycles. The number of carbonyl (C=O) groups is 1. The van der Waals surface area contributed by atoms with Crippen LogP contribution < -0.4 is 5.73 Å². The Morgan fingerprint density at radius 3 is 2.18 bits per heavy atom. The minimum atomic E-state index is -4.67. The Kier molecular flexibility index (Phi) is 4.98. The standard InChI is InChI=1S/C8H11NO3.H2O4S/c1-5-4-8(9,12)3-2-6(5)7(10)11;1-5(2,3)4/h2-3,12H,4,9H2,1H3,(H,10,11);(H2,1,2,3,4). The summed E-state index contributed by atoms with van der Waals surface area (Å²) in [6.07, 6.45) is 2.80. The van der Waals surface area contributed by atoms with E-state index in [4.69, 9.17) is 28.4 Å². The van der Waals surface area contributed by atoms with Crippen molar-refractivity contribution in [3.05, 3.63) is 23.3 Å². The van der Waals surface area contributed by atoms with Crippen molar-refractivity contribution in [1.82, 2.24) is 0 Å². The van der Waals surface area contributed by atoms with E-state index in [1.807, 2.05) is 0 Å². The summed E-state index contributed by atoms with van der Waals surface area (Å²) in [6.45, 7) is 1.64. The summed E-state index contributed by atoms with van der Waals surface area (Å²) in [6, 6.07) is 0. The number of carboxylic acid groups (broad SMARTS) is 1. The predicted molar refractivity (Wildman–Crippen MR) is 57.4 cm³/mol. The lowest BCUT2D eigenvalue weighted by Crippen LogP contribution is -2.39. The van der Waals surface area contributed by atoms with Crippen LogP contribution in [0.2, 0.25) is 0 Å². The molecule has 98 valence electrons. The van der Waals surface area contributed by atoms with Crippen molar-refractivity contribution in [3.8, 4) is 0 Å². The first-order chi connectivity index (χ1) is 7.42. The average molecular weight is 267 g/mol. The van der Waals surface area contributed by atoms with Crippen LogP contribution >= 0.6 is 0 Å². The van der Waals surface area contributed by atoms with E-state index < -0.39 is 22.1 Å². The molecule has 1 aliphatic carbocycles. The third kappa shape index (κ3) is 7.60. The van der Waals surface area contributed by atoms with E-state index in [1.54, 1.807) is 6.92 Å². The molecule has 9 heteroatoms. The van der Waals surface area contributed by atoms with Gasteiger partial charge in [0, 0.05) is 6.42 Å². The molecule has 1 atom stereocenters. The molecule has 0 fully saturated rings. The number of aliphatic hydroxyl groups is 1. The fraction of sp³-hybridized carbons (Fsp3) is 0.375. The predicted octanol–water partition coefficient (Wildman–Crippen LogP) is -0.658. The fourth-order valence-electron chi connectivity index (χ4n) is 1.20. The van der Waals surface area contributed by atoms with Crippen LogP contribution in [-0.2, 0) is 15.2 Å². The lowest BCUT2D eigenvalue weighted by atomic mass is 9.93. The summed E-state index contributed by atoms with van der Waals surface area (Å²) in [7, 11) is -4.67. The Hall–Kier alpha value is -1.26.